The molecule has 0 saturated carbocycles. The maximum absolute atomic E-state index is 10.9. The largest absolute Gasteiger partial charge is 0.249 e. The fourth-order valence-corrected chi connectivity index (χ4v) is 2.51. The molecule has 0 aliphatic carbocycles. The molecule has 1 aromatic heterocycles. The van der Waals surface area contributed by atoms with E-state index in [-0.39, 0.29) is 5.75 Å². The van der Waals surface area contributed by atoms with Crippen LogP contribution in [0.3, 0.4) is 0 Å². The van der Waals surface area contributed by atoms with Crippen LogP contribution in [0, 0.1) is 0 Å². The monoisotopic (exact) mass is 235 g/mol. The van der Waals surface area contributed by atoms with E-state index in [0.29, 0.717) is 5.69 Å². The molecule has 0 aromatic carbocycles. The van der Waals surface area contributed by atoms with Crippen molar-refractivity contribution in [1.29, 1.82) is 0 Å². The summed E-state index contributed by atoms with van der Waals surface area (Å²) < 4.78 is 23.5. The highest BCUT2D eigenvalue weighted by atomic mass is 35.7. The molecule has 0 atom stereocenters. The Kier molecular flexibility index (Phi) is 2.48. The van der Waals surface area contributed by atoms with Gasteiger partial charge in [-0.15, -0.1) is 5.10 Å². The first kappa shape index (κ1) is 9.92. The molecule has 1 aliphatic heterocycles. The normalized spacial score (nSPS) is 16.6. The molecule has 2 heterocycles. The molecule has 14 heavy (non-hydrogen) atoms. The number of halogens is 1. The molecule has 1 aliphatic rings. The van der Waals surface area contributed by atoms with Crippen molar-refractivity contribution in [2.45, 2.75) is 31.6 Å². The van der Waals surface area contributed by atoms with Gasteiger partial charge in [-0.3, -0.25) is 0 Å². The smallest absolute Gasteiger partial charge is 0.238 e. The minimum atomic E-state index is -3.52. The van der Waals surface area contributed by atoms with Crippen molar-refractivity contribution in [2.24, 2.45) is 0 Å². The van der Waals surface area contributed by atoms with Crippen molar-refractivity contribution >= 4 is 19.7 Å². The van der Waals surface area contributed by atoms with Gasteiger partial charge in [0, 0.05) is 17.2 Å². The van der Waals surface area contributed by atoms with Crippen LogP contribution in [0.4, 0.5) is 0 Å². The average molecular weight is 236 g/mol. The van der Waals surface area contributed by atoms with Crippen LogP contribution in [0.2, 0.25) is 0 Å². The number of aromatic nitrogens is 3. The zero-order chi connectivity index (χ0) is 10.2. The number of fused-ring (bicyclic) bond motifs is 1. The molecule has 7 heteroatoms. The maximum Gasteiger partial charge on any atom is 0.238 e. The quantitative estimate of drug-likeness (QED) is 0.708. The lowest BCUT2D eigenvalue weighted by Gasteiger charge is -2.12. The van der Waals surface area contributed by atoms with Gasteiger partial charge in [0.05, 0.1) is 5.69 Å². The van der Waals surface area contributed by atoms with Crippen LogP contribution in [0.15, 0.2) is 0 Å². The molecule has 78 valence electrons. The zero-order valence-electron chi connectivity index (χ0n) is 7.48. The Bertz CT molecular complexity index is 440. The topological polar surface area (TPSA) is 64.8 Å². The molecule has 5 nitrogen and oxygen atoms in total. The van der Waals surface area contributed by atoms with Crippen molar-refractivity contribution < 1.29 is 8.42 Å². The highest BCUT2D eigenvalue weighted by Crippen LogP contribution is 2.18. The Morgan fingerprint density at radius 2 is 2.21 bits per heavy atom. The third kappa shape index (κ3) is 2.06. The van der Waals surface area contributed by atoms with E-state index >= 15 is 0 Å². The minimum Gasteiger partial charge on any atom is -0.249 e. The number of hydrogen-bond donors (Lipinski definition) is 0. The fourth-order valence-electron chi connectivity index (χ4n) is 1.65. The minimum absolute atomic E-state index is 0.218. The van der Waals surface area contributed by atoms with Gasteiger partial charge in [-0.1, -0.05) is 5.21 Å². The molecule has 0 unspecified atom stereocenters. The summed E-state index contributed by atoms with van der Waals surface area (Å²) in [4.78, 5) is 0. The van der Waals surface area contributed by atoms with E-state index in [9.17, 15) is 8.42 Å². The summed E-state index contributed by atoms with van der Waals surface area (Å²) in [6.45, 7) is 0.824. The molecule has 0 fully saturated rings. The van der Waals surface area contributed by atoms with Crippen LogP contribution in [0.5, 0.6) is 0 Å². The molecule has 0 spiro atoms. The molecular weight excluding hydrogens is 226 g/mol. The second-order valence-electron chi connectivity index (χ2n) is 3.35. The molecule has 0 bridgehead atoms. The summed E-state index contributed by atoms with van der Waals surface area (Å²) in [5.74, 6) is -0.218. The van der Waals surface area contributed by atoms with E-state index in [1.807, 2.05) is 0 Å². The van der Waals surface area contributed by atoms with Crippen LogP contribution in [-0.4, -0.2) is 23.4 Å². The number of hydrogen-bond acceptors (Lipinski definition) is 4. The Labute approximate surface area is 86.5 Å². The molecule has 2 rings (SSSR count). The average Bonchev–Trinajstić information content (AvgIpc) is 2.47. The summed E-state index contributed by atoms with van der Waals surface area (Å²) in [5.41, 5.74) is 1.42. The van der Waals surface area contributed by atoms with E-state index < -0.39 is 9.05 Å². The molecule has 0 amide bonds. The molecule has 0 radical (unpaired) electrons. The highest BCUT2D eigenvalue weighted by molar-refractivity contribution is 8.13. The van der Waals surface area contributed by atoms with Crippen molar-refractivity contribution in [3.05, 3.63) is 11.4 Å². The van der Waals surface area contributed by atoms with Crippen LogP contribution >= 0.6 is 10.7 Å². The lowest BCUT2D eigenvalue weighted by molar-refractivity contribution is 0.476. The summed E-state index contributed by atoms with van der Waals surface area (Å²) in [6, 6.07) is 0. The van der Waals surface area contributed by atoms with Crippen LogP contribution < -0.4 is 0 Å². The standard InChI is InChI=1S/C7H10ClN3O2S/c8-14(12,13)5-6-7-3-1-2-4-11(7)10-9-6/h1-5H2. The van der Waals surface area contributed by atoms with Crippen LogP contribution in [-0.2, 0) is 27.8 Å². The number of rotatable bonds is 2. The van der Waals surface area contributed by atoms with Gasteiger partial charge in [0.15, 0.2) is 0 Å². The van der Waals surface area contributed by atoms with Crippen molar-refractivity contribution in [2.75, 3.05) is 0 Å². The third-order valence-corrected chi connectivity index (χ3v) is 3.21. The van der Waals surface area contributed by atoms with Gasteiger partial charge < -0.3 is 0 Å². The van der Waals surface area contributed by atoms with E-state index in [2.05, 4.69) is 10.3 Å². The SMILES string of the molecule is O=S(=O)(Cl)Cc1nnn2c1CCCC2. The van der Waals surface area contributed by atoms with E-state index in [4.69, 9.17) is 10.7 Å². The second-order valence-corrected chi connectivity index (χ2v) is 6.12. The Balaban J connectivity index is 2.31. The first-order valence-corrected chi connectivity index (χ1v) is 6.88. The van der Waals surface area contributed by atoms with E-state index in [1.165, 1.54) is 0 Å². The second kappa shape index (κ2) is 3.51. The van der Waals surface area contributed by atoms with Gasteiger partial charge in [-0.05, 0) is 19.3 Å². The molecule has 1 aromatic rings. The Morgan fingerprint density at radius 1 is 1.43 bits per heavy atom. The maximum atomic E-state index is 10.9. The first-order chi connectivity index (χ1) is 6.56. The summed E-state index contributed by atoms with van der Waals surface area (Å²) in [7, 11) is 1.64. The highest BCUT2D eigenvalue weighted by Gasteiger charge is 2.20. The van der Waals surface area contributed by atoms with Gasteiger partial charge in [0.2, 0.25) is 9.05 Å². The summed E-state index contributed by atoms with van der Waals surface area (Å²) in [6.07, 6.45) is 2.97. The van der Waals surface area contributed by atoms with E-state index in [0.717, 1.165) is 31.5 Å². The Morgan fingerprint density at radius 3 is 2.93 bits per heavy atom. The van der Waals surface area contributed by atoms with Gasteiger partial charge in [0.1, 0.15) is 11.4 Å². The Hall–Kier alpha value is -0.620. The molecule has 0 saturated heterocycles. The van der Waals surface area contributed by atoms with Crippen molar-refractivity contribution in [3.8, 4) is 0 Å². The zero-order valence-corrected chi connectivity index (χ0v) is 9.05. The summed E-state index contributed by atoms with van der Waals surface area (Å²) >= 11 is 0. The van der Waals surface area contributed by atoms with Crippen LogP contribution in [0.25, 0.3) is 0 Å². The number of aryl methyl sites for hydroxylation is 1. The van der Waals surface area contributed by atoms with Crippen molar-refractivity contribution in [3.63, 3.8) is 0 Å². The predicted molar refractivity (Wildman–Crippen MR) is 51.4 cm³/mol. The molecular formula is C7H10ClN3O2S. The van der Waals surface area contributed by atoms with Crippen molar-refractivity contribution in [1.82, 2.24) is 15.0 Å². The van der Waals surface area contributed by atoms with Crippen LogP contribution in [0.1, 0.15) is 24.2 Å². The van der Waals surface area contributed by atoms with Gasteiger partial charge >= 0.3 is 0 Å². The summed E-state index contributed by atoms with van der Waals surface area (Å²) in [5, 5.41) is 7.72. The van der Waals surface area contributed by atoms with Gasteiger partial charge in [-0.2, -0.15) is 0 Å². The van der Waals surface area contributed by atoms with E-state index in [1.54, 1.807) is 4.68 Å². The fraction of sp³-hybridized carbons (Fsp3) is 0.714. The van der Waals surface area contributed by atoms with Gasteiger partial charge in [-0.25, -0.2) is 13.1 Å². The first-order valence-electron chi connectivity index (χ1n) is 4.40. The number of nitrogens with zero attached hydrogens (tertiary/aromatic N) is 3. The lowest BCUT2D eigenvalue weighted by atomic mass is 10.1. The molecule has 0 N–H and O–H groups in total. The lowest BCUT2D eigenvalue weighted by Crippen LogP contribution is -2.12. The van der Waals surface area contributed by atoms with Gasteiger partial charge in [0.25, 0.3) is 0 Å². The third-order valence-electron chi connectivity index (χ3n) is 2.26. The predicted octanol–water partition coefficient (Wildman–Crippen LogP) is 0.683.